The Hall–Kier alpha value is -3.12. The molecule has 0 bridgehead atoms. The Morgan fingerprint density at radius 1 is 0.818 bits per heavy atom. The van der Waals surface area contributed by atoms with Crippen LogP contribution in [0, 0.1) is 18.8 Å². The van der Waals surface area contributed by atoms with Gasteiger partial charge >= 0.3 is 0 Å². The van der Waals surface area contributed by atoms with Crippen LogP contribution in [0.25, 0.3) is 0 Å². The van der Waals surface area contributed by atoms with Gasteiger partial charge in [0.2, 0.25) is 29.0 Å². The summed E-state index contributed by atoms with van der Waals surface area (Å²) in [5.74, 6) is -3.76. The lowest BCUT2D eigenvalue weighted by Gasteiger charge is -2.33. The highest BCUT2D eigenvalue weighted by Gasteiger charge is 2.75. The second kappa shape index (κ2) is 7.19. The van der Waals surface area contributed by atoms with Crippen molar-refractivity contribution in [1.82, 2.24) is 4.90 Å². The highest BCUT2D eigenvalue weighted by Crippen LogP contribution is 2.57. The van der Waals surface area contributed by atoms with Crippen LogP contribution in [0.5, 0.6) is 0 Å². The number of Topliss-reactive ketones (excluding diaryl/α,β-unsaturated/α-hetero) is 2. The summed E-state index contributed by atoms with van der Waals surface area (Å²) in [6.45, 7) is 1.96. The summed E-state index contributed by atoms with van der Waals surface area (Å²) < 4.78 is 6.32. The van der Waals surface area contributed by atoms with Crippen LogP contribution in [-0.2, 0) is 14.3 Å². The average Bonchev–Trinajstić information content (AvgIpc) is 3.40. The maximum Gasteiger partial charge on any atom is 0.237 e. The van der Waals surface area contributed by atoms with E-state index in [1.807, 2.05) is 31.2 Å². The second-order valence-electron chi connectivity index (χ2n) is 9.73. The predicted molar refractivity (Wildman–Crippen MR) is 119 cm³/mol. The van der Waals surface area contributed by atoms with Gasteiger partial charge in [-0.15, -0.1) is 0 Å². The largest absolute Gasteiger partial charge is 0.349 e. The van der Waals surface area contributed by atoms with Gasteiger partial charge in [-0.2, -0.15) is 0 Å². The van der Waals surface area contributed by atoms with Crippen LogP contribution in [-0.4, -0.2) is 39.9 Å². The summed E-state index contributed by atoms with van der Waals surface area (Å²) in [4.78, 5) is 56.4. The van der Waals surface area contributed by atoms with E-state index in [-0.39, 0.29) is 23.1 Å². The number of ether oxygens (including phenoxy) is 1. The zero-order chi connectivity index (χ0) is 22.9. The highest BCUT2D eigenvalue weighted by molar-refractivity contribution is 6.35. The number of amides is 2. The molecule has 2 aliphatic heterocycles. The van der Waals surface area contributed by atoms with E-state index in [4.69, 9.17) is 4.74 Å². The van der Waals surface area contributed by atoms with Gasteiger partial charge in [0.1, 0.15) is 0 Å². The third kappa shape index (κ3) is 2.64. The molecule has 2 heterocycles. The van der Waals surface area contributed by atoms with E-state index < -0.39 is 41.0 Å². The first kappa shape index (κ1) is 20.5. The van der Waals surface area contributed by atoms with E-state index in [0.29, 0.717) is 5.56 Å². The van der Waals surface area contributed by atoms with Crippen molar-refractivity contribution >= 4 is 23.4 Å². The first-order chi connectivity index (χ1) is 15.9. The van der Waals surface area contributed by atoms with Crippen molar-refractivity contribution in [3.05, 3.63) is 70.8 Å². The number of benzene rings is 2. The number of rotatable bonds is 2. The molecule has 6 rings (SSSR count). The quantitative estimate of drug-likeness (QED) is 0.521. The van der Waals surface area contributed by atoms with Crippen LogP contribution in [0.4, 0.5) is 0 Å². The smallest absolute Gasteiger partial charge is 0.237 e. The minimum atomic E-state index is -1.97. The molecule has 4 aliphatic rings. The molecule has 0 N–H and O–H groups in total. The van der Waals surface area contributed by atoms with Gasteiger partial charge in [-0.05, 0) is 25.3 Å². The minimum absolute atomic E-state index is 0.172. The molecule has 2 saturated heterocycles. The van der Waals surface area contributed by atoms with Crippen molar-refractivity contribution in [3.8, 4) is 0 Å². The zero-order valence-corrected chi connectivity index (χ0v) is 18.5. The molecule has 2 aromatic carbocycles. The summed E-state index contributed by atoms with van der Waals surface area (Å²) >= 11 is 0. The minimum Gasteiger partial charge on any atom is -0.349 e. The van der Waals surface area contributed by atoms with Crippen molar-refractivity contribution in [1.29, 1.82) is 0 Å². The maximum atomic E-state index is 13.9. The number of hydrogen-bond donors (Lipinski definition) is 0. The Morgan fingerprint density at radius 3 is 2.03 bits per heavy atom. The molecule has 33 heavy (non-hydrogen) atoms. The standard InChI is InChI=1S/C27H25NO5/c1-15-11-13-16(14-12-15)22-20-21(26(32)28(25(20)31)17-7-3-2-4-8-17)27(33-22)23(29)18-9-5-6-10-19(18)24(27)30/h5-6,9-14,17,20-22H,2-4,7-8H2,1H3/t20-,21+,22+/m0/s1. The van der Waals surface area contributed by atoms with Crippen molar-refractivity contribution in [3.63, 3.8) is 0 Å². The summed E-state index contributed by atoms with van der Waals surface area (Å²) in [6, 6.07) is 13.9. The van der Waals surface area contributed by atoms with Crippen LogP contribution >= 0.6 is 0 Å². The normalized spacial score (nSPS) is 28.6. The van der Waals surface area contributed by atoms with Crippen LogP contribution in [0.2, 0.25) is 0 Å². The van der Waals surface area contributed by atoms with Gasteiger partial charge in [-0.1, -0.05) is 73.4 Å². The SMILES string of the molecule is Cc1ccc([C@H]2OC3(C(=O)c4ccccc4C3=O)[C@H]3C(=O)N(C4CCCCC4)C(=O)[C@H]23)cc1. The molecule has 6 nitrogen and oxygen atoms in total. The van der Waals surface area contributed by atoms with E-state index >= 15 is 0 Å². The molecule has 0 radical (unpaired) electrons. The number of fused-ring (bicyclic) bond motifs is 3. The van der Waals surface area contributed by atoms with Crippen LogP contribution in [0.1, 0.15) is 70.1 Å². The van der Waals surface area contributed by atoms with Crippen molar-refractivity contribution in [2.24, 2.45) is 11.8 Å². The van der Waals surface area contributed by atoms with E-state index in [0.717, 1.165) is 37.7 Å². The third-order valence-electron chi connectivity index (χ3n) is 7.90. The highest BCUT2D eigenvalue weighted by atomic mass is 16.5. The van der Waals surface area contributed by atoms with Gasteiger partial charge in [-0.3, -0.25) is 24.1 Å². The average molecular weight is 443 g/mol. The number of carbonyl (C=O) groups is 4. The molecule has 2 aliphatic carbocycles. The van der Waals surface area contributed by atoms with Crippen molar-refractivity contribution < 1.29 is 23.9 Å². The van der Waals surface area contributed by atoms with Gasteiger partial charge in [0.15, 0.2) is 0 Å². The molecule has 1 saturated carbocycles. The Kier molecular flexibility index (Phi) is 4.46. The summed E-state index contributed by atoms with van der Waals surface area (Å²) in [5, 5.41) is 0. The van der Waals surface area contributed by atoms with Crippen LogP contribution in [0.3, 0.4) is 0 Å². The molecule has 0 aromatic heterocycles. The molecule has 168 valence electrons. The van der Waals surface area contributed by atoms with Gasteiger partial charge in [0, 0.05) is 17.2 Å². The molecular weight excluding hydrogens is 418 g/mol. The molecule has 2 amide bonds. The summed E-state index contributed by atoms with van der Waals surface area (Å²) in [7, 11) is 0. The van der Waals surface area contributed by atoms with Crippen molar-refractivity contribution in [2.75, 3.05) is 0 Å². The lowest BCUT2D eigenvalue weighted by Crippen LogP contribution is -2.52. The number of nitrogens with zero attached hydrogens (tertiary/aromatic N) is 1. The lowest BCUT2D eigenvalue weighted by atomic mass is 9.77. The number of ketones is 2. The first-order valence-electron chi connectivity index (χ1n) is 11.7. The van der Waals surface area contributed by atoms with E-state index in [1.165, 1.54) is 4.90 Å². The fourth-order valence-electron chi connectivity index (χ4n) is 6.30. The van der Waals surface area contributed by atoms with Crippen LogP contribution < -0.4 is 0 Å². The molecule has 3 atom stereocenters. The zero-order valence-electron chi connectivity index (χ0n) is 18.5. The number of carbonyl (C=O) groups excluding carboxylic acids is 4. The molecule has 1 spiro atoms. The molecular formula is C27H25NO5. The monoisotopic (exact) mass is 443 g/mol. The summed E-state index contributed by atoms with van der Waals surface area (Å²) in [5.41, 5.74) is 0.307. The Morgan fingerprint density at radius 2 is 1.42 bits per heavy atom. The number of aryl methyl sites for hydroxylation is 1. The first-order valence-corrected chi connectivity index (χ1v) is 11.7. The van der Waals surface area contributed by atoms with E-state index in [9.17, 15) is 19.2 Å². The Bertz CT molecular complexity index is 1160. The second-order valence-corrected chi connectivity index (χ2v) is 9.73. The van der Waals surface area contributed by atoms with E-state index in [1.54, 1.807) is 24.3 Å². The molecule has 0 unspecified atom stereocenters. The Labute approximate surface area is 191 Å². The third-order valence-corrected chi connectivity index (χ3v) is 7.90. The number of likely N-dealkylation sites (tertiary alicyclic amines) is 1. The summed E-state index contributed by atoms with van der Waals surface area (Å²) in [6.07, 6.45) is 3.71. The lowest BCUT2D eigenvalue weighted by molar-refractivity contribution is -0.148. The topological polar surface area (TPSA) is 80.8 Å². The number of hydrogen-bond acceptors (Lipinski definition) is 5. The molecule has 2 aromatic rings. The van der Waals surface area contributed by atoms with Gasteiger partial charge in [-0.25, -0.2) is 0 Å². The fourth-order valence-corrected chi connectivity index (χ4v) is 6.30. The Balaban J connectivity index is 1.50. The van der Waals surface area contributed by atoms with Gasteiger partial charge in [0.25, 0.3) is 0 Å². The van der Waals surface area contributed by atoms with E-state index in [2.05, 4.69) is 0 Å². The van der Waals surface area contributed by atoms with Gasteiger partial charge in [0.05, 0.1) is 17.9 Å². The predicted octanol–water partition coefficient (Wildman–Crippen LogP) is 3.82. The number of imide groups is 1. The maximum absolute atomic E-state index is 13.9. The fraction of sp³-hybridized carbons (Fsp3) is 0.407. The van der Waals surface area contributed by atoms with Crippen molar-refractivity contribution in [2.45, 2.75) is 56.8 Å². The molecule has 3 fully saturated rings. The van der Waals surface area contributed by atoms with Gasteiger partial charge < -0.3 is 4.74 Å². The van der Waals surface area contributed by atoms with Crippen LogP contribution in [0.15, 0.2) is 48.5 Å². The molecule has 6 heteroatoms.